The van der Waals surface area contributed by atoms with Crippen molar-refractivity contribution < 1.29 is 19.5 Å². The van der Waals surface area contributed by atoms with Gasteiger partial charge in [0.2, 0.25) is 11.8 Å². The first-order valence-electron chi connectivity index (χ1n) is 18.0. The van der Waals surface area contributed by atoms with Crippen molar-refractivity contribution in [3.8, 4) is 16.9 Å². The fourth-order valence-corrected chi connectivity index (χ4v) is 7.27. The van der Waals surface area contributed by atoms with E-state index in [9.17, 15) is 19.5 Å². The predicted molar refractivity (Wildman–Crippen MR) is 210 cm³/mol. The van der Waals surface area contributed by atoms with E-state index in [0.717, 1.165) is 49.6 Å². The fraction of sp³-hybridized carbons (Fsp3) is 0.209. The summed E-state index contributed by atoms with van der Waals surface area (Å²) in [4.78, 5) is 50.0. The molecule has 54 heavy (non-hydrogen) atoms. The molecular formula is C43H43N7O4. The van der Waals surface area contributed by atoms with Gasteiger partial charge in [-0.3, -0.25) is 14.6 Å². The minimum atomic E-state index is -0.937. The third-order valence-corrected chi connectivity index (χ3v) is 9.82. The van der Waals surface area contributed by atoms with Gasteiger partial charge in [-0.05, 0) is 41.0 Å². The number of carbonyl (C=O) groups is 3. The average molecular weight is 722 g/mol. The highest BCUT2D eigenvalue weighted by atomic mass is 16.3. The van der Waals surface area contributed by atoms with Crippen molar-refractivity contribution in [3.05, 3.63) is 145 Å². The predicted octanol–water partition coefficient (Wildman–Crippen LogP) is 5.48. The zero-order valence-electron chi connectivity index (χ0n) is 30.1. The molecule has 3 heterocycles. The summed E-state index contributed by atoms with van der Waals surface area (Å²) in [6, 6.07) is 31.0. The van der Waals surface area contributed by atoms with E-state index < -0.39 is 18.2 Å². The van der Waals surface area contributed by atoms with Crippen molar-refractivity contribution in [1.82, 2.24) is 35.3 Å². The molecule has 274 valence electrons. The number of rotatable bonds is 12. The summed E-state index contributed by atoms with van der Waals surface area (Å²) in [5.74, 6) is -0.478. The highest BCUT2D eigenvalue weighted by Gasteiger charge is 2.43. The number of carbonyl (C=O) groups excluding carboxylic acids is 3. The molecule has 1 fully saturated rings. The number of pyridine rings is 1. The lowest BCUT2D eigenvalue weighted by atomic mass is 9.98. The summed E-state index contributed by atoms with van der Waals surface area (Å²) < 4.78 is 2.07. The Bertz CT molecular complexity index is 2300. The van der Waals surface area contributed by atoms with Crippen molar-refractivity contribution in [2.75, 3.05) is 19.6 Å². The van der Waals surface area contributed by atoms with E-state index in [2.05, 4.69) is 51.5 Å². The lowest BCUT2D eigenvalue weighted by Gasteiger charge is -2.46. The van der Waals surface area contributed by atoms with Crippen LogP contribution in [0.25, 0.3) is 32.9 Å². The number of nitrogens with one attached hydrogen (secondary N) is 3. The molecule has 0 spiro atoms. The molecule has 0 radical (unpaired) electrons. The monoisotopic (exact) mass is 721 g/mol. The Morgan fingerprint density at radius 1 is 0.963 bits per heavy atom. The third-order valence-electron chi connectivity index (χ3n) is 9.82. The Morgan fingerprint density at radius 3 is 2.54 bits per heavy atom. The second kappa shape index (κ2) is 16.1. The molecule has 0 bridgehead atoms. The number of aromatic nitrogens is 2. The number of aryl methyl sites for hydroxylation is 1. The van der Waals surface area contributed by atoms with Crippen molar-refractivity contribution in [2.24, 2.45) is 7.05 Å². The molecule has 7 rings (SSSR count). The molecule has 2 aromatic heterocycles. The topological polar surface area (TPSA) is 132 Å². The van der Waals surface area contributed by atoms with E-state index >= 15 is 0 Å². The maximum atomic E-state index is 14.7. The maximum Gasteiger partial charge on any atom is 0.316 e. The van der Waals surface area contributed by atoms with E-state index in [0.29, 0.717) is 13.1 Å². The average Bonchev–Trinajstić information content (AvgIpc) is 3.53. The lowest BCUT2D eigenvalue weighted by Crippen LogP contribution is -2.69. The van der Waals surface area contributed by atoms with E-state index in [1.165, 1.54) is 4.90 Å². The number of amides is 4. The van der Waals surface area contributed by atoms with Crippen LogP contribution in [0.15, 0.2) is 128 Å². The Labute approximate surface area is 313 Å². The molecule has 6 aromatic rings. The zero-order chi connectivity index (χ0) is 37.6. The van der Waals surface area contributed by atoms with Crippen LogP contribution in [-0.4, -0.2) is 74.1 Å². The summed E-state index contributed by atoms with van der Waals surface area (Å²) >= 11 is 0. The van der Waals surface area contributed by atoms with Gasteiger partial charge in [0.15, 0.2) is 0 Å². The standard InChI is InChI=1S/C43H43N7O4/c1-3-20-44-25-40(52)50-38(21-29-16-18-34(51)19-17-29)42(53)49(28-39(50)47-43(54)46-23-30-10-5-4-6-11-30)26-32-13-9-14-35-36(27-48(2)41(32)35)33-22-31-12-7-8-15-37(31)45-24-33/h3-19,22,24,27,38-39,44,51H,1,20-21,23,25-26,28H2,2H3,(H2,46,47,54)/t38-,39+/m0/s1. The van der Waals surface area contributed by atoms with Gasteiger partial charge in [0.05, 0.1) is 24.1 Å². The fourth-order valence-electron chi connectivity index (χ4n) is 7.27. The molecule has 0 saturated carbocycles. The van der Waals surface area contributed by atoms with Gasteiger partial charge >= 0.3 is 6.03 Å². The van der Waals surface area contributed by atoms with Crippen molar-refractivity contribution >= 4 is 39.7 Å². The first-order chi connectivity index (χ1) is 26.3. The first-order valence-corrected chi connectivity index (χ1v) is 18.0. The SMILES string of the molecule is C=CCNCC(=O)N1[C@@H](NC(=O)NCc2ccccc2)CN(Cc2cccc3c(-c4cnc5ccccc5c4)cn(C)c23)C(=O)[C@@H]1Cc1ccc(O)cc1. The number of phenols is 1. The Hall–Kier alpha value is -6.46. The second-order valence-electron chi connectivity index (χ2n) is 13.5. The third kappa shape index (κ3) is 7.81. The van der Waals surface area contributed by atoms with Crippen LogP contribution in [0.1, 0.15) is 16.7 Å². The van der Waals surface area contributed by atoms with Gasteiger partial charge in [-0.25, -0.2) is 4.79 Å². The Kier molecular flexibility index (Phi) is 10.7. The van der Waals surface area contributed by atoms with Crippen molar-refractivity contribution in [1.29, 1.82) is 0 Å². The van der Waals surface area contributed by atoms with Crippen LogP contribution in [0.3, 0.4) is 0 Å². The van der Waals surface area contributed by atoms with Gasteiger partial charge in [0.25, 0.3) is 0 Å². The van der Waals surface area contributed by atoms with Crippen LogP contribution in [0.5, 0.6) is 5.75 Å². The van der Waals surface area contributed by atoms with E-state index in [1.807, 2.05) is 73.9 Å². The van der Waals surface area contributed by atoms with Crippen LogP contribution in [0, 0.1) is 0 Å². The number of para-hydroxylation sites is 2. The summed E-state index contributed by atoms with van der Waals surface area (Å²) in [6.07, 6.45) is 4.97. The molecule has 2 atom stereocenters. The van der Waals surface area contributed by atoms with E-state index in [1.54, 1.807) is 35.2 Å². The van der Waals surface area contributed by atoms with Crippen LogP contribution < -0.4 is 16.0 Å². The van der Waals surface area contributed by atoms with Gasteiger partial charge in [-0.1, -0.05) is 84.9 Å². The van der Waals surface area contributed by atoms with Gasteiger partial charge in [0.1, 0.15) is 18.0 Å². The number of urea groups is 1. The molecule has 1 aliphatic heterocycles. The smallest absolute Gasteiger partial charge is 0.316 e. The van der Waals surface area contributed by atoms with Gasteiger partial charge in [0, 0.05) is 67.4 Å². The molecule has 11 heteroatoms. The minimum Gasteiger partial charge on any atom is -0.508 e. The highest BCUT2D eigenvalue weighted by molar-refractivity contribution is 5.99. The maximum absolute atomic E-state index is 14.7. The molecule has 1 saturated heterocycles. The normalized spacial score (nSPS) is 15.8. The zero-order valence-corrected chi connectivity index (χ0v) is 30.1. The number of nitrogens with zero attached hydrogens (tertiary/aromatic N) is 4. The van der Waals surface area contributed by atoms with E-state index in [-0.39, 0.29) is 43.6 Å². The van der Waals surface area contributed by atoms with Crippen molar-refractivity contribution in [3.63, 3.8) is 0 Å². The number of piperazine rings is 1. The summed E-state index contributed by atoms with van der Waals surface area (Å²) in [5.41, 5.74) is 6.52. The largest absolute Gasteiger partial charge is 0.508 e. The number of phenolic OH excluding ortho intramolecular Hbond substituents is 1. The van der Waals surface area contributed by atoms with Crippen LogP contribution in [0.2, 0.25) is 0 Å². The first kappa shape index (κ1) is 35.9. The minimum absolute atomic E-state index is 0.0513. The molecule has 0 aliphatic carbocycles. The summed E-state index contributed by atoms with van der Waals surface area (Å²) in [6.45, 7) is 4.68. The molecule has 0 unspecified atom stereocenters. The molecule has 4 aromatic carbocycles. The van der Waals surface area contributed by atoms with Crippen LogP contribution >= 0.6 is 0 Å². The lowest BCUT2D eigenvalue weighted by molar-refractivity contribution is -0.156. The summed E-state index contributed by atoms with van der Waals surface area (Å²) in [5, 5.41) is 21.0. The molecule has 4 N–H and O–H groups in total. The summed E-state index contributed by atoms with van der Waals surface area (Å²) in [7, 11) is 1.99. The Morgan fingerprint density at radius 2 is 1.74 bits per heavy atom. The molecule has 4 amide bonds. The second-order valence-corrected chi connectivity index (χ2v) is 13.5. The van der Waals surface area contributed by atoms with Gasteiger partial charge in [-0.15, -0.1) is 6.58 Å². The number of hydrogen-bond donors (Lipinski definition) is 4. The van der Waals surface area contributed by atoms with Crippen LogP contribution in [-0.2, 0) is 36.1 Å². The van der Waals surface area contributed by atoms with Gasteiger partial charge in [-0.2, -0.15) is 0 Å². The van der Waals surface area contributed by atoms with Crippen molar-refractivity contribution in [2.45, 2.75) is 31.7 Å². The molecule has 11 nitrogen and oxygen atoms in total. The number of benzene rings is 4. The quantitative estimate of drug-likeness (QED) is 0.0978. The van der Waals surface area contributed by atoms with E-state index in [4.69, 9.17) is 4.98 Å². The molecule has 1 aliphatic rings. The number of hydrogen-bond acceptors (Lipinski definition) is 6. The molecular weight excluding hydrogens is 679 g/mol. The Balaban J connectivity index is 1.23. The number of fused-ring (bicyclic) bond motifs is 2. The van der Waals surface area contributed by atoms with Crippen LogP contribution in [0.4, 0.5) is 4.79 Å². The number of aromatic hydroxyl groups is 1. The van der Waals surface area contributed by atoms with Gasteiger partial charge < -0.3 is 35.4 Å². The highest BCUT2D eigenvalue weighted by Crippen LogP contribution is 2.34.